The fourth-order valence-corrected chi connectivity index (χ4v) is 4.34. The molecule has 0 radical (unpaired) electrons. The summed E-state index contributed by atoms with van der Waals surface area (Å²) in [5.74, 6) is 8.50. The van der Waals surface area contributed by atoms with Gasteiger partial charge in [-0.25, -0.2) is 0 Å². The summed E-state index contributed by atoms with van der Waals surface area (Å²) in [7, 11) is 0. The number of nitrogens with one attached hydrogen (secondary N) is 1. The molecule has 0 aromatic heterocycles. The number of hydrogen-bond acceptors (Lipinski definition) is 3. The highest BCUT2D eigenvalue weighted by atomic mass is 32.2. The molecule has 106 valence electrons. The predicted octanol–water partition coefficient (Wildman–Crippen LogP) is 3.83. The molecule has 0 aliphatic heterocycles. The number of thioether (sulfide) groups is 1. The molecule has 2 nitrogen and oxygen atoms in total. The number of nitrogens with two attached hydrogens (primary N) is 1. The molecule has 1 fully saturated rings. The SMILES string of the molecule is CCC1CCCCC1C(CSc1ccccc1)NN. The summed E-state index contributed by atoms with van der Waals surface area (Å²) in [6.07, 6.45) is 6.78. The van der Waals surface area contributed by atoms with Crippen LogP contribution >= 0.6 is 11.8 Å². The lowest BCUT2D eigenvalue weighted by atomic mass is 9.74. The Bertz CT molecular complexity index is 355. The third-order valence-corrected chi connectivity index (χ3v) is 5.53. The normalized spacial score (nSPS) is 25.2. The molecule has 3 N–H and O–H groups in total. The lowest BCUT2D eigenvalue weighted by Gasteiger charge is -2.36. The Morgan fingerprint density at radius 1 is 1.26 bits per heavy atom. The van der Waals surface area contributed by atoms with Gasteiger partial charge in [-0.05, 0) is 30.4 Å². The van der Waals surface area contributed by atoms with Crippen LogP contribution in [0.4, 0.5) is 0 Å². The molecule has 3 unspecified atom stereocenters. The minimum Gasteiger partial charge on any atom is -0.271 e. The zero-order valence-electron chi connectivity index (χ0n) is 11.8. The number of rotatable bonds is 6. The number of hydrazine groups is 1. The van der Waals surface area contributed by atoms with E-state index in [0.717, 1.165) is 17.6 Å². The lowest BCUT2D eigenvalue weighted by molar-refractivity contribution is 0.186. The van der Waals surface area contributed by atoms with Crippen LogP contribution < -0.4 is 11.3 Å². The quantitative estimate of drug-likeness (QED) is 0.472. The second kappa shape index (κ2) is 7.93. The fourth-order valence-electron chi connectivity index (χ4n) is 3.27. The van der Waals surface area contributed by atoms with Gasteiger partial charge in [0.25, 0.3) is 0 Å². The van der Waals surface area contributed by atoms with Gasteiger partial charge < -0.3 is 0 Å². The molecule has 0 heterocycles. The molecule has 1 saturated carbocycles. The first-order chi connectivity index (χ1) is 9.35. The van der Waals surface area contributed by atoms with Crippen molar-refractivity contribution in [1.82, 2.24) is 5.43 Å². The van der Waals surface area contributed by atoms with Gasteiger partial charge >= 0.3 is 0 Å². The van der Waals surface area contributed by atoms with Gasteiger partial charge in [-0.15, -0.1) is 11.8 Å². The topological polar surface area (TPSA) is 38.0 Å². The predicted molar refractivity (Wildman–Crippen MR) is 84.0 cm³/mol. The molecular formula is C16H26N2S. The van der Waals surface area contributed by atoms with Gasteiger partial charge in [-0.1, -0.05) is 50.8 Å². The first-order valence-electron chi connectivity index (χ1n) is 7.49. The van der Waals surface area contributed by atoms with Crippen molar-refractivity contribution in [3.8, 4) is 0 Å². The largest absolute Gasteiger partial charge is 0.271 e. The first kappa shape index (κ1) is 14.9. The average molecular weight is 278 g/mol. The maximum atomic E-state index is 5.82. The molecule has 0 saturated heterocycles. The van der Waals surface area contributed by atoms with Crippen LogP contribution in [0, 0.1) is 11.8 Å². The van der Waals surface area contributed by atoms with Gasteiger partial charge in [0.1, 0.15) is 0 Å². The Hall–Kier alpha value is -0.510. The molecule has 1 aliphatic carbocycles. The van der Waals surface area contributed by atoms with Gasteiger partial charge in [-0.3, -0.25) is 11.3 Å². The molecule has 19 heavy (non-hydrogen) atoms. The Kier molecular flexibility index (Phi) is 6.21. The summed E-state index contributed by atoms with van der Waals surface area (Å²) < 4.78 is 0. The third kappa shape index (κ3) is 4.23. The van der Waals surface area contributed by atoms with Crippen LogP contribution in [0.25, 0.3) is 0 Å². The summed E-state index contributed by atoms with van der Waals surface area (Å²) in [5, 5.41) is 0. The molecule has 1 aromatic carbocycles. The third-order valence-electron chi connectivity index (χ3n) is 4.40. The highest BCUT2D eigenvalue weighted by Crippen LogP contribution is 2.35. The van der Waals surface area contributed by atoms with E-state index in [9.17, 15) is 0 Å². The van der Waals surface area contributed by atoms with Crippen LogP contribution in [0.1, 0.15) is 39.0 Å². The van der Waals surface area contributed by atoms with Crippen LogP contribution in [0.3, 0.4) is 0 Å². The summed E-state index contributed by atoms with van der Waals surface area (Å²) in [6.45, 7) is 2.32. The van der Waals surface area contributed by atoms with E-state index in [1.54, 1.807) is 0 Å². The zero-order chi connectivity index (χ0) is 13.5. The average Bonchev–Trinajstić information content (AvgIpc) is 2.49. The second-order valence-electron chi connectivity index (χ2n) is 5.51. The van der Waals surface area contributed by atoms with E-state index in [0.29, 0.717) is 6.04 Å². The van der Waals surface area contributed by atoms with E-state index in [-0.39, 0.29) is 0 Å². The maximum Gasteiger partial charge on any atom is 0.0335 e. The van der Waals surface area contributed by atoms with E-state index < -0.39 is 0 Å². The van der Waals surface area contributed by atoms with Gasteiger partial charge in [0.15, 0.2) is 0 Å². The molecule has 3 atom stereocenters. The van der Waals surface area contributed by atoms with Gasteiger partial charge in [0.2, 0.25) is 0 Å². The highest BCUT2D eigenvalue weighted by Gasteiger charge is 2.30. The Labute approximate surface area is 121 Å². The van der Waals surface area contributed by atoms with E-state index in [1.165, 1.54) is 37.0 Å². The van der Waals surface area contributed by atoms with Crippen LogP contribution in [-0.2, 0) is 0 Å². The van der Waals surface area contributed by atoms with E-state index in [1.807, 2.05) is 11.8 Å². The molecule has 3 heteroatoms. The van der Waals surface area contributed by atoms with Gasteiger partial charge in [0.05, 0.1) is 0 Å². The van der Waals surface area contributed by atoms with Crippen molar-refractivity contribution in [2.45, 2.75) is 50.0 Å². The van der Waals surface area contributed by atoms with Crippen molar-refractivity contribution in [2.75, 3.05) is 5.75 Å². The molecular weight excluding hydrogens is 252 g/mol. The van der Waals surface area contributed by atoms with Gasteiger partial charge in [-0.2, -0.15) is 0 Å². The molecule has 1 aromatic rings. The van der Waals surface area contributed by atoms with E-state index in [2.05, 4.69) is 42.7 Å². The van der Waals surface area contributed by atoms with Crippen LogP contribution in [0.5, 0.6) is 0 Å². The molecule has 0 amide bonds. The van der Waals surface area contributed by atoms with Crippen molar-refractivity contribution in [3.63, 3.8) is 0 Å². The Morgan fingerprint density at radius 3 is 2.68 bits per heavy atom. The summed E-state index contributed by atoms with van der Waals surface area (Å²) in [5.41, 5.74) is 3.09. The summed E-state index contributed by atoms with van der Waals surface area (Å²) >= 11 is 1.92. The first-order valence-corrected chi connectivity index (χ1v) is 8.47. The monoisotopic (exact) mass is 278 g/mol. The van der Waals surface area contributed by atoms with Gasteiger partial charge in [0, 0.05) is 16.7 Å². The molecule has 0 bridgehead atoms. The highest BCUT2D eigenvalue weighted by molar-refractivity contribution is 7.99. The van der Waals surface area contributed by atoms with Crippen molar-refractivity contribution < 1.29 is 0 Å². The number of hydrogen-bond donors (Lipinski definition) is 2. The minimum absolute atomic E-state index is 0.440. The van der Waals surface area contributed by atoms with Crippen molar-refractivity contribution in [2.24, 2.45) is 17.7 Å². The Balaban J connectivity index is 1.91. The van der Waals surface area contributed by atoms with Crippen molar-refractivity contribution in [1.29, 1.82) is 0 Å². The number of benzene rings is 1. The minimum atomic E-state index is 0.440. The second-order valence-corrected chi connectivity index (χ2v) is 6.61. The van der Waals surface area contributed by atoms with E-state index in [4.69, 9.17) is 5.84 Å². The summed E-state index contributed by atoms with van der Waals surface area (Å²) in [4.78, 5) is 1.34. The fraction of sp³-hybridized carbons (Fsp3) is 0.625. The summed E-state index contributed by atoms with van der Waals surface area (Å²) in [6, 6.07) is 11.1. The molecule has 0 spiro atoms. The van der Waals surface area contributed by atoms with Crippen LogP contribution in [-0.4, -0.2) is 11.8 Å². The van der Waals surface area contributed by atoms with Crippen LogP contribution in [0.15, 0.2) is 35.2 Å². The van der Waals surface area contributed by atoms with Crippen molar-refractivity contribution >= 4 is 11.8 Å². The van der Waals surface area contributed by atoms with Crippen LogP contribution in [0.2, 0.25) is 0 Å². The lowest BCUT2D eigenvalue weighted by Crippen LogP contribution is -2.46. The smallest absolute Gasteiger partial charge is 0.0335 e. The molecule has 1 aliphatic rings. The molecule has 2 rings (SSSR count). The maximum absolute atomic E-state index is 5.82. The van der Waals surface area contributed by atoms with Crippen molar-refractivity contribution in [3.05, 3.63) is 30.3 Å². The Morgan fingerprint density at radius 2 is 2.00 bits per heavy atom. The van der Waals surface area contributed by atoms with E-state index >= 15 is 0 Å². The zero-order valence-corrected chi connectivity index (χ0v) is 12.7. The standard InChI is InChI=1S/C16H26N2S/c1-2-13-8-6-7-11-15(13)16(18-17)12-19-14-9-4-3-5-10-14/h3-5,9-10,13,15-16,18H,2,6-8,11-12,17H2,1H3.